The van der Waals surface area contributed by atoms with Crippen LogP contribution in [0.1, 0.15) is 5.56 Å². The van der Waals surface area contributed by atoms with E-state index in [1.165, 1.54) is 33.5 Å². The molecule has 0 saturated heterocycles. The van der Waals surface area contributed by atoms with Gasteiger partial charge < -0.3 is 14.2 Å². The molecule has 32 heavy (non-hydrogen) atoms. The zero-order chi connectivity index (χ0) is 23.3. The maximum atomic E-state index is 13.3. The van der Waals surface area contributed by atoms with E-state index in [9.17, 15) is 13.2 Å². The van der Waals surface area contributed by atoms with Gasteiger partial charge in [0.25, 0.3) is 10.0 Å². The number of hydrogen-bond donors (Lipinski definition) is 1. The van der Waals surface area contributed by atoms with E-state index in [0.717, 1.165) is 11.1 Å². The molecule has 0 aliphatic rings. The van der Waals surface area contributed by atoms with Crippen molar-refractivity contribution in [3.8, 4) is 22.6 Å². The second kappa shape index (κ2) is 9.93. The number of nitrogens with one attached hydrogen (secondary N) is 1. The molecule has 0 aliphatic carbocycles. The number of carbonyl (C=O) groups excluding carboxylic acids is 1. The first-order valence-electron chi connectivity index (χ1n) is 9.48. The van der Waals surface area contributed by atoms with Gasteiger partial charge in [0, 0.05) is 0 Å². The van der Waals surface area contributed by atoms with E-state index >= 15 is 0 Å². The summed E-state index contributed by atoms with van der Waals surface area (Å²) in [6.45, 7) is 0. The number of anilines is 1. The first kappa shape index (κ1) is 23.4. The van der Waals surface area contributed by atoms with E-state index in [4.69, 9.17) is 21.1 Å². The lowest BCUT2D eigenvalue weighted by molar-refractivity contribution is -0.139. The van der Waals surface area contributed by atoms with Crippen molar-refractivity contribution >= 4 is 33.3 Å². The largest absolute Gasteiger partial charge is 0.495 e. The van der Waals surface area contributed by atoms with Gasteiger partial charge in [0.15, 0.2) is 5.75 Å². The van der Waals surface area contributed by atoms with Gasteiger partial charge in [-0.2, -0.15) is 0 Å². The molecule has 0 heterocycles. The zero-order valence-corrected chi connectivity index (χ0v) is 19.3. The van der Waals surface area contributed by atoms with E-state index in [1.54, 1.807) is 12.1 Å². The minimum Gasteiger partial charge on any atom is -0.495 e. The Balaban J connectivity index is 2.06. The Morgan fingerprint density at radius 1 is 0.938 bits per heavy atom. The first-order valence-corrected chi connectivity index (χ1v) is 11.3. The quantitative estimate of drug-likeness (QED) is 0.481. The lowest BCUT2D eigenvalue weighted by Gasteiger charge is -2.17. The van der Waals surface area contributed by atoms with Crippen LogP contribution in [0.2, 0.25) is 5.02 Å². The second-order valence-corrected chi connectivity index (χ2v) is 8.81. The molecule has 0 aromatic heterocycles. The molecule has 0 aliphatic heterocycles. The Morgan fingerprint density at radius 3 is 2.28 bits per heavy atom. The average Bonchev–Trinajstić information content (AvgIpc) is 2.79. The van der Waals surface area contributed by atoms with Gasteiger partial charge in [-0.25, -0.2) is 8.42 Å². The van der Waals surface area contributed by atoms with Gasteiger partial charge in [0.2, 0.25) is 0 Å². The predicted octanol–water partition coefficient (Wildman–Crippen LogP) is 4.54. The number of rotatable bonds is 8. The molecule has 0 radical (unpaired) electrons. The highest BCUT2D eigenvalue weighted by Gasteiger charge is 2.25. The highest BCUT2D eigenvalue weighted by molar-refractivity contribution is 7.92. The molecule has 3 aromatic carbocycles. The lowest BCUT2D eigenvalue weighted by Crippen LogP contribution is -2.16. The summed E-state index contributed by atoms with van der Waals surface area (Å²) in [6.07, 6.45) is -0.143. The topological polar surface area (TPSA) is 90.9 Å². The fourth-order valence-corrected chi connectivity index (χ4v) is 4.84. The summed E-state index contributed by atoms with van der Waals surface area (Å²) >= 11 is 6.24. The van der Waals surface area contributed by atoms with Crippen LogP contribution >= 0.6 is 11.6 Å². The van der Waals surface area contributed by atoms with Crippen molar-refractivity contribution in [1.82, 2.24) is 0 Å². The fraction of sp³-hybridized carbons (Fsp3) is 0.174. The number of esters is 1. The van der Waals surface area contributed by atoms with Crippen molar-refractivity contribution in [3.63, 3.8) is 0 Å². The Morgan fingerprint density at radius 2 is 1.66 bits per heavy atom. The van der Waals surface area contributed by atoms with Gasteiger partial charge in [0.1, 0.15) is 10.6 Å². The molecule has 168 valence electrons. The van der Waals surface area contributed by atoms with Gasteiger partial charge in [-0.15, -0.1) is 0 Å². The molecule has 7 nitrogen and oxygen atoms in total. The van der Waals surface area contributed by atoms with E-state index in [1.807, 2.05) is 36.4 Å². The van der Waals surface area contributed by atoms with Crippen LogP contribution in [-0.4, -0.2) is 35.7 Å². The third-order valence-electron chi connectivity index (χ3n) is 4.69. The molecule has 1 N–H and O–H groups in total. The molecular formula is C23H22ClNO6S. The van der Waals surface area contributed by atoms with Gasteiger partial charge in [-0.05, 0) is 41.0 Å². The van der Waals surface area contributed by atoms with E-state index in [2.05, 4.69) is 9.46 Å². The van der Waals surface area contributed by atoms with E-state index in [0.29, 0.717) is 11.3 Å². The monoisotopic (exact) mass is 475 g/mol. The summed E-state index contributed by atoms with van der Waals surface area (Å²) < 4.78 is 44.5. The number of ether oxygens (including phenoxy) is 3. The van der Waals surface area contributed by atoms with Crippen LogP contribution in [0.25, 0.3) is 11.1 Å². The highest BCUT2D eigenvalue weighted by atomic mass is 35.5. The summed E-state index contributed by atoms with van der Waals surface area (Å²) in [4.78, 5) is 11.5. The van der Waals surface area contributed by atoms with Crippen molar-refractivity contribution in [2.45, 2.75) is 11.3 Å². The Bertz CT molecular complexity index is 1230. The molecule has 0 fully saturated rings. The van der Waals surface area contributed by atoms with Crippen LogP contribution in [0.3, 0.4) is 0 Å². The molecule has 0 saturated carbocycles. The Kier molecular flexibility index (Phi) is 7.27. The lowest BCUT2D eigenvalue weighted by atomic mass is 10.1. The van der Waals surface area contributed by atoms with Crippen molar-refractivity contribution < 1.29 is 27.4 Å². The molecular weight excluding hydrogens is 454 g/mol. The van der Waals surface area contributed by atoms with Gasteiger partial charge >= 0.3 is 5.97 Å². The third-order valence-corrected chi connectivity index (χ3v) is 6.34. The minimum atomic E-state index is -4.17. The van der Waals surface area contributed by atoms with Crippen molar-refractivity contribution in [3.05, 3.63) is 71.2 Å². The number of carbonyl (C=O) groups is 1. The second-order valence-electron chi connectivity index (χ2n) is 6.75. The molecule has 9 heteroatoms. The zero-order valence-electron chi connectivity index (χ0n) is 17.7. The van der Waals surface area contributed by atoms with E-state index in [-0.39, 0.29) is 27.8 Å². The van der Waals surface area contributed by atoms with Gasteiger partial charge in [0.05, 0.1) is 38.5 Å². The number of sulfonamides is 1. The summed E-state index contributed by atoms with van der Waals surface area (Å²) in [5.41, 5.74) is 2.32. The van der Waals surface area contributed by atoms with Crippen molar-refractivity contribution in [2.75, 3.05) is 26.1 Å². The van der Waals surface area contributed by atoms with Crippen molar-refractivity contribution in [1.29, 1.82) is 0 Å². The van der Waals surface area contributed by atoms with Crippen LogP contribution in [0.15, 0.2) is 65.6 Å². The molecule has 0 spiro atoms. The van der Waals surface area contributed by atoms with Crippen molar-refractivity contribution in [2.24, 2.45) is 0 Å². The standard InChI is InChI=1S/C23H22ClNO6S/c1-29-20-10-9-17(16-7-5-4-6-8-16)14-19(20)25-32(27,28)21-12-15(13-22(26)30-2)11-18(24)23(21)31-3/h4-12,14,25H,13H2,1-3H3. The summed E-state index contributed by atoms with van der Waals surface area (Å²) in [6, 6.07) is 17.5. The SMILES string of the molecule is COC(=O)Cc1cc(Cl)c(OC)c(S(=O)(=O)Nc2cc(-c3ccccc3)ccc2OC)c1. The molecule has 0 bridgehead atoms. The van der Waals surface area contributed by atoms with Crippen LogP contribution in [0.5, 0.6) is 11.5 Å². The highest BCUT2D eigenvalue weighted by Crippen LogP contribution is 2.37. The number of benzene rings is 3. The van der Waals surface area contributed by atoms with E-state index < -0.39 is 16.0 Å². The molecule has 3 rings (SSSR count). The Labute approximate surface area is 191 Å². The molecule has 0 atom stereocenters. The average molecular weight is 476 g/mol. The van der Waals surface area contributed by atoms with Crippen LogP contribution in [0.4, 0.5) is 5.69 Å². The normalized spacial score (nSPS) is 11.0. The van der Waals surface area contributed by atoms with Crippen LogP contribution in [-0.2, 0) is 26.0 Å². The summed E-state index contributed by atoms with van der Waals surface area (Å²) in [5, 5.41) is 0.0549. The van der Waals surface area contributed by atoms with Crippen LogP contribution < -0.4 is 14.2 Å². The summed E-state index contributed by atoms with van der Waals surface area (Å²) in [7, 11) is -0.154. The maximum absolute atomic E-state index is 13.3. The minimum absolute atomic E-state index is 0.0361. The molecule has 0 unspecified atom stereocenters. The predicted molar refractivity (Wildman–Crippen MR) is 123 cm³/mol. The number of halogens is 1. The third kappa shape index (κ3) is 5.15. The summed E-state index contributed by atoms with van der Waals surface area (Å²) in [5.74, 6) is -0.227. The van der Waals surface area contributed by atoms with Gasteiger partial charge in [-0.1, -0.05) is 48.0 Å². The Hall–Kier alpha value is -3.23. The number of methoxy groups -OCH3 is 3. The first-order chi connectivity index (χ1) is 15.3. The smallest absolute Gasteiger partial charge is 0.309 e. The molecule has 3 aromatic rings. The number of hydrogen-bond acceptors (Lipinski definition) is 6. The van der Waals surface area contributed by atoms with Gasteiger partial charge in [-0.3, -0.25) is 9.52 Å². The maximum Gasteiger partial charge on any atom is 0.309 e. The molecule has 0 amide bonds. The fourth-order valence-electron chi connectivity index (χ4n) is 3.16. The van der Waals surface area contributed by atoms with Crippen LogP contribution in [0, 0.1) is 0 Å².